The number of benzene rings is 1. The number of nitriles is 1. The van der Waals surface area contributed by atoms with E-state index in [1.807, 2.05) is 18.2 Å². The minimum absolute atomic E-state index is 0.757. The molecule has 1 aliphatic carbocycles. The highest BCUT2D eigenvalue weighted by molar-refractivity contribution is 5.32. The van der Waals surface area contributed by atoms with Crippen LogP contribution in [0.1, 0.15) is 30.4 Å². The van der Waals surface area contributed by atoms with E-state index in [-0.39, 0.29) is 0 Å². The summed E-state index contributed by atoms with van der Waals surface area (Å²) in [6.45, 7) is 2.11. The molecule has 0 saturated heterocycles. The van der Waals surface area contributed by atoms with Gasteiger partial charge in [-0.3, -0.25) is 0 Å². The molecule has 1 aromatic rings. The molecular weight excluding hydrogens is 196 g/mol. The maximum atomic E-state index is 8.82. The van der Waals surface area contributed by atoms with Crippen LogP contribution in [-0.4, -0.2) is 18.5 Å². The van der Waals surface area contributed by atoms with Crippen molar-refractivity contribution in [1.29, 1.82) is 5.26 Å². The van der Waals surface area contributed by atoms with Crippen molar-refractivity contribution in [3.05, 3.63) is 35.4 Å². The summed E-state index contributed by atoms with van der Waals surface area (Å²) in [5, 5.41) is 8.82. The molecule has 1 fully saturated rings. The molecule has 0 N–H and O–H groups in total. The summed E-state index contributed by atoms with van der Waals surface area (Å²) in [6.07, 6.45) is 4.18. The van der Waals surface area contributed by atoms with Gasteiger partial charge >= 0.3 is 0 Å². The molecule has 0 atom stereocenters. The van der Waals surface area contributed by atoms with Crippen LogP contribution < -0.4 is 0 Å². The molecule has 0 aromatic heterocycles. The molecule has 0 unspecified atom stereocenters. The topological polar surface area (TPSA) is 27.0 Å². The van der Waals surface area contributed by atoms with E-state index in [2.05, 4.69) is 24.1 Å². The van der Waals surface area contributed by atoms with Gasteiger partial charge in [0, 0.05) is 6.54 Å². The Morgan fingerprint density at radius 2 is 2.25 bits per heavy atom. The summed E-state index contributed by atoms with van der Waals surface area (Å²) in [4.78, 5) is 2.34. The zero-order valence-corrected chi connectivity index (χ0v) is 9.82. The monoisotopic (exact) mass is 214 g/mol. The minimum atomic E-state index is 0.757. The summed E-state index contributed by atoms with van der Waals surface area (Å²) < 4.78 is 0. The summed E-state index contributed by atoms with van der Waals surface area (Å²) in [6, 6.07) is 10.1. The predicted octanol–water partition coefficient (Wildman–Crippen LogP) is 2.79. The van der Waals surface area contributed by atoms with E-state index in [0.29, 0.717) is 0 Å². The molecule has 1 aliphatic rings. The van der Waals surface area contributed by atoms with E-state index in [4.69, 9.17) is 5.26 Å². The van der Waals surface area contributed by atoms with Crippen molar-refractivity contribution >= 4 is 0 Å². The average Bonchev–Trinajstić information content (AvgIpc) is 3.10. The molecule has 1 aromatic carbocycles. The van der Waals surface area contributed by atoms with E-state index in [0.717, 1.165) is 18.0 Å². The second kappa shape index (κ2) is 5.14. The Kier molecular flexibility index (Phi) is 3.58. The Hall–Kier alpha value is -1.33. The van der Waals surface area contributed by atoms with Crippen LogP contribution in [0.5, 0.6) is 0 Å². The molecule has 2 nitrogen and oxygen atoms in total. The molecular formula is C14H18N2. The highest BCUT2D eigenvalue weighted by atomic mass is 15.1. The second-order valence-electron chi connectivity index (χ2n) is 4.78. The third kappa shape index (κ3) is 3.36. The molecule has 0 amide bonds. The van der Waals surface area contributed by atoms with Gasteiger partial charge in [0.15, 0.2) is 0 Å². The van der Waals surface area contributed by atoms with Gasteiger partial charge in [-0.2, -0.15) is 5.26 Å². The van der Waals surface area contributed by atoms with Crippen LogP contribution in [0, 0.1) is 17.2 Å². The smallest absolute Gasteiger partial charge is 0.0991 e. The Labute approximate surface area is 97.5 Å². The summed E-state index contributed by atoms with van der Waals surface area (Å²) in [5.41, 5.74) is 1.99. The molecule has 84 valence electrons. The number of hydrogen-bond donors (Lipinski definition) is 0. The van der Waals surface area contributed by atoms with Crippen LogP contribution in [0.15, 0.2) is 24.3 Å². The highest BCUT2D eigenvalue weighted by Crippen LogP contribution is 2.32. The Morgan fingerprint density at radius 3 is 2.94 bits per heavy atom. The number of hydrogen-bond acceptors (Lipinski definition) is 2. The average molecular weight is 214 g/mol. The zero-order valence-electron chi connectivity index (χ0n) is 9.82. The SMILES string of the molecule is CN(CCC1CC1)Cc1cccc(C#N)c1. The van der Waals surface area contributed by atoms with Gasteiger partial charge in [0.2, 0.25) is 0 Å². The van der Waals surface area contributed by atoms with Gasteiger partial charge in [0.25, 0.3) is 0 Å². The van der Waals surface area contributed by atoms with Crippen molar-refractivity contribution in [2.24, 2.45) is 5.92 Å². The van der Waals surface area contributed by atoms with Crippen LogP contribution in [0.25, 0.3) is 0 Å². The number of nitrogens with zero attached hydrogens (tertiary/aromatic N) is 2. The van der Waals surface area contributed by atoms with E-state index in [1.54, 1.807) is 0 Å². The summed E-state index contributed by atoms with van der Waals surface area (Å²) in [7, 11) is 2.15. The molecule has 0 aliphatic heterocycles. The van der Waals surface area contributed by atoms with Gasteiger partial charge in [-0.25, -0.2) is 0 Å². The lowest BCUT2D eigenvalue weighted by atomic mass is 10.1. The molecule has 1 saturated carbocycles. The minimum Gasteiger partial charge on any atom is -0.302 e. The van der Waals surface area contributed by atoms with Gasteiger partial charge in [0.05, 0.1) is 11.6 Å². The lowest BCUT2D eigenvalue weighted by Crippen LogP contribution is -2.19. The third-order valence-corrected chi connectivity index (χ3v) is 3.12. The van der Waals surface area contributed by atoms with Crippen molar-refractivity contribution < 1.29 is 0 Å². The first-order valence-corrected chi connectivity index (χ1v) is 5.95. The van der Waals surface area contributed by atoms with Gasteiger partial charge in [-0.1, -0.05) is 25.0 Å². The first kappa shape index (κ1) is 11.2. The zero-order chi connectivity index (χ0) is 11.4. The number of rotatable bonds is 5. The predicted molar refractivity (Wildman–Crippen MR) is 64.8 cm³/mol. The fourth-order valence-corrected chi connectivity index (χ4v) is 1.94. The molecule has 0 spiro atoms. The van der Waals surface area contributed by atoms with Crippen molar-refractivity contribution in [1.82, 2.24) is 4.90 Å². The molecule has 2 rings (SSSR count). The maximum absolute atomic E-state index is 8.82. The van der Waals surface area contributed by atoms with Crippen molar-refractivity contribution in [2.45, 2.75) is 25.8 Å². The van der Waals surface area contributed by atoms with Crippen molar-refractivity contribution in [3.63, 3.8) is 0 Å². The standard InChI is InChI=1S/C14H18N2/c1-16(8-7-12-5-6-12)11-14-4-2-3-13(9-14)10-15/h2-4,9,12H,5-8,11H2,1H3. The van der Waals surface area contributed by atoms with Crippen molar-refractivity contribution in [3.8, 4) is 6.07 Å². The molecule has 0 bridgehead atoms. The summed E-state index contributed by atoms with van der Waals surface area (Å²) >= 11 is 0. The third-order valence-electron chi connectivity index (χ3n) is 3.12. The van der Waals surface area contributed by atoms with E-state index in [9.17, 15) is 0 Å². The first-order chi connectivity index (χ1) is 7.78. The maximum Gasteiger partial charge on any atom is 0.0991 e. The quantitative estimate of drug-likeness (QED) is 0.753. The normalized spacial score (nSPS) is 15.1. The fraction of sp³-hybridized carbons (Fsp3) is 0.500. The molecule has 2 heteroatoms. The molecule has 16 heavy (non-hydrogen) atoms. The van der Waals surface area contributed by atoms with Crippen LogP contribution in [0.2, 0.25) is 0 Å². The van der Waals surface area contributed by atoms with E-state index < -0.39 is 0 Å². The Bertz CT molecular complexity index is 388. The lowest BCUT2D eigenvalue weighted by molar-refractivity contribution is 0.315. The van der Waals surface area contributed by atoms with Gasteiger partial charge in [0.1, 0.15) is 0 Å². The lowest BCUT2D eigenvalue weighted by Gasteiger charge is -2.16. The van der Waals surface area contributed by atoms with Crippen LogP contribution in [0.3, 0.4) is 0 Å². The van der Waals surface area contributed by atoms with E-state index >= 15 is 0 Å². The van der Waals surface area contributed by atoms with Crippen LogP contribution in [-0.2, 0) is 6.54 Å². The van der Waals surface area contributed by atoms with Gasteiger partial charge in [-0.05, 0) is 43.6 Å². The van der Waals surface area contributed by atoms with E-state index in [1.165, 1.54) is 31.4 Å². The van der Waals surface area contributed by atoms with Crippen LogP contribution in [0.4, 0.5) is 0 Å². The summed E-state index contributed by atoms with van der Waals surface area (Å²) in [5.74, 6) is 0.993. The highest BCUT2D eigenvalue weighted by Gasteiger charge is 2.20. The molecule has 0 heterocycles. The molecule has 0 radical (unpaired) electrons. The van der Waals surface area contributed by atoms with Gasteiger partial charge in [-0.15, -0.1) is 0 Å². The first-order valence-electron chi connectivity index (χ1n) is 5.95. The largest absolute Gasteiger partial charge is 0.302 e. The van der Waals surface area contributed by atoms with Crippen LogP contribution >= 0.6 is 0 Å². The second-order valence-corrected chi connectivity index (χ2v) is 4.78. The van der Waals surface area contributed by atoms with Crippen molar-refractivity contribution in [2.75, 3.05) is 13.6 Å². The van der Waals surface area contributed by atoms with Gasteiger partial charge < -0.3 is 4.90 Å². The fourth-order valence-electron chi connectivity index (χ4n) is 1.94. The Morgan fingerprint density at radius 1 is 1.44 bits per heavy atom. The Balaban J connectivity index is 1.84.